The Morgan fingerprint density at radius 2 is 2.19 bits per heavy atom. The van der Waals surface area contributed by atoms with Crippen molar-refractivity contribution >= 4 is 11.8 Å². The highest BCUT2D eigenvalue weighted by atomic mass is 16.5. The van der Waals surface area contributed by atoms with Gasteiger partial charge in [0.2, 0.25) is 5.91 Å². The van der Waals surface area contributed by atoms with E-state index >= 15 is 0 Å². The molecule has 1 aliphatic carbocycles. The number of fused-ring (bicyclic) bond motifs is 1. The van der Waals surface area contributed by atoms with Gasteiger partial charge in [0.1, 0.15) is 0 Å². The number of hydroxylamine groups is 1. The molecule has 2 amide bonds. The lowest BCUT2D eigenvalue weighted by molar-refractivity contribution is -0.136. The Balaban J connectivity index is 1.87. The van der Waals surface area contributed by atoms with E-state index < -0.39 is 5.91 Å². The van der Waals surface area contributed by atoms with E-state index in [9.17, 15) is 9.59 Å². The summed E-state index contributed by atoms with van der Waals surface area (Å²) in [6.07, 6.45) is 3.35. The maximum atomic E-state index is 12.6. The maximum Gasteiger partial charge on any atom is 0.274 e. The Kier molecular flexibility index (Phi) is 3.45. The number of benzene rings is 1. The average molecular weight is 288 g/mol. The summed E-state index contributed by atoms with van der Waals surface area (Å²) in [5.41, 5.74) is 4.15. The Morgan fingerprint density at radius 3 is 2.86 bits per heavy atom. The van der Waals surface area contributed by atoms with Gasteiger partial charge in [0.15, 0.2) is 0 Å². The number of aryl methyl sites for hydroxylation is 1. The van der Waals surface area contributed by atoms with E-state index in [1.54, 1.807) is 11.5 Å². The van der Waals surface area contributed by atoms with Crippen molar-refractivity contribution in [1.29, 1.82) is 0 Å². The van der Waals surface area contributed by atoms with Gasteiger partial charge in [0, 0.05) is 18.7 Å². The van der Waals surface area contributed by atoms with Crippen LogP contribution in [0, 0.1) is 5.41 Å². The Morgan fingerprint density at radius 1 is 1.38 bits per heavy atom. The van der Waals surface area contributed by atoms with Gasteiger partial charge in [-0.15, -0.1) is 0 Å². The predicted molar refractivity (Wildman–Crippen MR) is 77.0 cm³/mol. The number of hydrogen-bond acceptors (Lipinski definition) is 3. The fourth-order valence-electron chi connectivity index (χ4n) is 3.65. The Hall–Kier alpha value is -1.88. The third kappa shape index (κ3) is 2.21. The van der Waals surface area contributed by atoms with Crippen molar-refractivity contribution < 1.29 is 14.8 Å². The largest absolute Gasteiger partial charge is 0.342 e. The van der Waals surface area contributed by atoms with Crippen LogP contribution in [0.1, 0.15) is 41.3 Å². The standard InChI is InChI=1S/C16H20N2O3/c1-2-18-8-7-16(15(18)20)6-5-11-9-12(14(19)17-21)3-4-13(11)10-16/h3-4,9,21H,2,5-8,10H2,1H3,(H,17,19). The molecule has 1 unspecified atom stereocenters. The second-order valence-corrected chi connectivity index (χ2v) is 6.02. The highest BCUT2D eigenvalue weighted by molar-refractivity contribution is 5.93. The topological polar surface area (TPSA) is 69.6 Å². The van der Waals surface area contributed by atoms with E-state index in [4.69, 9.17) is 5.21 Å². The van der Waals surface area contributed by atoms with Crippen LogP contribution in [0.4, 0.5) is 0 Å². The van der Waals surface area contributed by atoms with Gasteiger partial charge in [0.05, 0.1) is 5.41 Å². The summed E-state index contributed by atoms with van der Waals surface area (Å²) >= 11 is 0. The molecule has 2 aliphatic rings. The summed E-state index contributed by atoms with van der Waals surface area (Å²) in [5, 5.41) is 8.70. The first-order valence-corrected chi connectivity index (χ1v) is 7.45. The lowest BCUT2D eigenvalue weighted by atomic mass is 9.70. The summed E-state index contributed by atoms with van der Waals surface area (Å²) in [4.78, 5) is 26.0. The fourth-order valence-corrected chi connectivity index (χ4v) is 3.65. The van der Waals surface area contributed by atoms with Crippen molar-refractivity contribution in [3.8, 4) is 0 Å². The zero-order valence-corrected chi connectivity index (χ0v) is 12.2. The molecule has 1 aromatic carbocycles. The molecule has 0 bridgehead atoms. The minimum absolute atomic E-state index is 0.232. The second kappa shape index (κ2) is 5.15. The van der Waals surface area contributed by atoms with Gasteiger partial charge in [-0.1, -0.05) is 6.07 Å². The van der Waals surface area contributed by atoms with E-state index in [1.807, 2.05) is 24.0 Å². The van der Waals surface area contributed by atoms with Crippen LogP contribution in [0.5, 0.6) is 0 Å². The van der Waals surface area contributed by atoms with Crippen molar-refractivity contribution in [3.05, 3.63) is 34.9 Å². The molecule has 112 valence electrons. The first-order chi connectivity index (χ1) is 10.1. The van der Waals surface area contributed by atoms with Crippen LogP contribution < -0.4 is 5.48 Å². The van der Waals surface area contributed by atoms with Crippen molar-refractivity contribution in [2.45, 2.75) is 32.6 Å². The molecule has 1 heterocycles. The zero-order valence-electron chi connectivity index (χ0n) is 12.2. The number of amides is 2. The zero-order chi connectivity index (χ0) is 15.0. The van der Waals surface area contributed by atoms with Crippen molar-refractivity contribution in [2.75, 3.05) is 13.1 Å². The van der Waals surface area contributed by atoms with Crippen LogP contribution in [0.25, 0.3) is 0 Å². The van der Waals surface area contributed by atoms with Gasteiger partial charge in [-0.05, 0) is 55.9 Å². The van der Waals surface area contributed by atoms with Gasteiger partial charge in [-0.3, -0.25) is 14.8 Å². The van der Waals surface area contributed by atoms with E-state index in [1.165, 1.54) is 0 Å². The molecule has 3 rings (SSSR count). The van der Waals surface area contributed by atoms with E-state index in [2.05, 4.69) is 0 Å². The average Bonchev–Trinajstić information content (AvgIpc) is 2.82. The molecule has 21 heavy (non-hydrogen) atoms. The fraction of sp³-hybridized carbons (Fsp3) is 0.500. The van der Waals surface area contributed by atoms with Crippen LogP contribution in [-0.2, 0) is 17.6 Å². The van der Waals surface area contributed by atoms with Gasteiger partial charge >= 0.3 is 0 Å². The van der Waals surface area contributed by atoms with Crippen molar-refractivity contribution in [3.63, 3.8) is 0 Å². The van der Waals surface area contributed by atoms with Crippen molar-refractivity contribution in [2.24, 2.45) is 5.41 Å². The minimum atomic E-state index is -0.493. The molecular formula is C16H20N2O3. The molecule has 5 heteroatoms. The van der Waals surface area contributed by atoms with Gasteiger partial charge in [0.25, 0.3) is 5.91 Å². The lowest BCUT2D eigenvalue weighted by Crippen LogP contribution is -2.38. The summed E-state index contributed by atoms with van der Waals surface area (Å²) in [6.45, 7) is 3.66. The summed E-state index contributed by atoms with van der Waals surface area (Å²) in [6, 6.07) is 5.45. The number of carbonyl (C=O) groups is 2. The molecule has 0 saturated carbocycles. The molecule has 5 nitrogen and oxygen atoms in total. The van der Waals surface area contributed by atoms with Gasteiger partial charge in [-0.25, -0.2) is 5.48 Å². The summed E-state index contributed by atoms with van der Waals surface area (Å²) < 4.78 is 0. The van der Waals surface area contributed by atoms with E-state index in [0.717, 1.165) is 49.9 Å². The molecule has 1 atom stereocenters. The molecule has 2 N–H and O–H groups in total. The normalized spacial score (nSPS) is 24.3. The second-order valence-electron chi connectivity index (χ2n) is 6.02. The first-order valence-electron chi connectivity index (χ1n) is 7.45. The lowest BCUT2D eigenvalue weighted by Gasteiger charge is -2.33. The first kappa shape index (κ1) is 14.1. The van der Waals surface area contributed by atoms with Crippen LogP contribution in [0.3, 0.4) is 0 Å². The number of likely N-dealkylation sites (tertiary alicyclic amines) is 1. The quantitative estimate of drug-likeness (QED) is 0.640. The number of nitrogens with one attached hydrogen (secondary N) is 1. The van der Waals surface area contributed by atoms with Crippen molar-refractivity contribution in [1.82, 2.24) is 10.4 Å². The van der Waals surface area contributed by atoms with Gasteiger partial charge < -0.3 is 4.90 Å². The maximum absolute atomic E-state index is 12.6. The minimum Gasteiger partial charge on any atom is -0.342 e. The third-order valence-corrected chi connectivity index (χ3v) is 4.95. The van der Waals surface area contributed by atoms with Crippen LogP contribution in [-0.4, -0.2) is 35.0 Å². The van der Waals surface area contributed by atoms with Crippen LogP contribution >= 0.6 is 0 Å². The smallest absolute Gasteiger partial charge is 0.274 e. The van der Waals surface area contributed by atoms with E-state index in [0.29, 0.717) is 5.56 Å². The highest BCUT2D eigenvalue weighted by Gasteiger charge is 2.47. The number of hydrogen-bond donors (Lipinski definition) is 2. The highest BCUT2D eigenvalue weighted by Crippen LogP contribution is 2.43. The number of nitrogens with zero attached hydrogens (tertiary/aromatic N) is 1. The molecule has 1 aliphatic heterocycles. The predicted octanol–water partition coefficient (Wildman–Crippen LogP) is 1.53. The molecule has 1 saturated heterocycles. The third-order valence-electron chi connectivity index (χ3n) is 4.95. The molecule has 1 fully saturated rings. The molecule has 0 aromatic heterocycles. The van der Waals surface area contributed by atoms with Crippen LogP contribution in [0.15, 0.2) is 18.2 Å². The summed E-state index contributed by atoms with van der Waals surface area (Å²) in [7, 11) is 0. The van der Waals surface area contributed by atoms with Crippen LogP contribution in [0.2, 0.25) is 0 Å². The molecule has 1 aromatic rings. The molecule has 1 spiro atoms. The SMILES string of the molecule is CCN1CCC2(CCc3cc(C(=O)NO)ccc3C2)C1=O. The molecular weight excluding hydrogens is 268 g/mol. The number of rotatable bonds is 2. The van der Waals surface area contributed by atoms with E-state index in [-0.39, 0.29) is 11.3 Å². The molecule has 0 radical (unpaired) electrons. The van der Waals surface area contributed by atoms with Gasteiger partial charge in [-0.2, -0.15) is 0 Å². The summed E-state index contributed by atoms with van der Waals surface area (Å²) in [5.74, 6) is -0.208. The monoisotopic (exact) mass is 288 g/mol. The number of carbonyl (C=O) groups excluding carboxylic acids is 2. The Labute approximate surface area is 123 Å². The Bertz CT molecular complexity index is 599.